The van der Waals surface area contributed by atoms with E-state index in [0.717, 1.165) is 57.7 Å². The van der Waals surface area contributed by atoms with Gasteiger partial charge in [-0.05, 0) is 99.3 Å². The quantitative estimate of drug-likeness (QED) is 0.0936. The van der Waals surface area contributed by atoms with Crippen LogP contribution in [0.2, 0.25) is 5.02 Å². The predicted octanol–water partition coefficient (Wildman–Crippen LogP) is 8.53. The lowest BCUT2D eigenvalue weighted by Gasteiger charge is -2.20. The van der Waals surface area contributed by atoms with Crippen molar-refractivity contribution in [2.75, 3.05) is 33.3 Å². The molecule has 0 amide bonds. The molecule has 1 saturated heterocycles. The normalized spacial score (nSPS) is 13.0. The molecule has 5 aromatic rings. The Balaban J connectivity index is 1.17. The van der Waals surface area contributed by atoms with Crippen LogP contribution in [0.15, 0.2) is 83.9 Å². The fourth-order valence-corrected chi connectivity index (χ4v) is 6.71. The molecule has 264 valence electrons. The monoisotopic (exact) mass is 705 g/mol. The summed E-state index contributed by atoms with van der Waals surface area (Å²) in [6.07, 6.45) is 10.1. The zero-order chi connectivity index (χ0) is 35.6. The lowest BCUT2D eigenvalue weighted by Crippen LogP contribution is -2.22. The highest BCUT2D eigenvalue weighted by Crippen LogP contribution is 2.37. The number of nitriles is 1. The number of oxazole rings is 1. The van der Waals surface area contributed by atoms with Gasteiger partial charge in [-0.3, -0.25) is 9.88 Å². The van der Waals surface area contributed by atoms with Gasteiger partial charge in [-0.15, -0.1) is 0 Å². The molecule has 0 saturated carbocycles. The van der Waals surface area contributed by atoms with E-state index in [4.69, 9.17) is 30.2 Å². The van der Waals surface area contributed by atoms with Gasteiger partial charge < -0.3 is 23.5 Å². The lowest BCUT2D eigenvalue weighted by molar-refractivity contribution is 0.261. The third-order valence-corrected chi connectivity index (χ3v) is 9.54. The van der Waals surface area contributed by atoms with Gasteiger partial charge in [-0.1, -0.05) is 41.9 Å². The Morgan fingerprint density at radius 3 is 2.45 bits per heavy atom. The molecule has 0 N–H and O–H groups in total. The molecule has 0 atom stereocenters. The summed E-state index contributed by atoms with van der Waals surface area (Å²) in [6, 6.07) is 20.2. The molecule has 1 aliphatic rings. The summed E-state index contributed by atoms with van der Waals surface area (Å²) in [7, 11) is 1.97. The molecular weight excluding hydrogens is 662 g/mol. The van der Waals surface area contributed by atoms with Gasteiger partial charge in [0.2, 0.25) is 5.89 Å². The lowest BCUT2D eigenvalue weighted by atomic mass is 9.93. The summed E-state index contributed by atoms with van der Waals surface area (Å²) >= 11 is 6.85. The molecular formula is C41H44ClN5O4. The van der Waals surface area contributed by atoms with Gasteiger partial charge in [0.25, 0.3) is 0 Å². The molecule has 0 bridgehead atoms. The van der Waals surface area contributed by atoms with Crippen LogP contribution >= 0.6 is 11.6 Å². The van der Waals surface area contributed by atoms with E-state index < -0.39 is 0 Å². The van der Waals surface area contributed by atoms with Gasteiger partial charge in [0, 0.05) is 42.7 Å². The maximum atomic E-state index is 9.33. The summed E-state index contributed by atoms with van der Waals surface area (Å²) in [5, 5.41) is 9.81. The first-order chi connectivity index (χ1) is 24.9. The molecule has 51 heavy (non-hydrogen) atoms. The van der Waals surface area contributed by atoms with Crippen LogP contribution in [0.25, 0.3) is 11.1 Å². The van der Waals surface area contributed by atoms with Crippen LogP contribution in [0.4, 0.5) is 0 Å². The minimum absolute atomic E-state index is 0.224. The average molecular weight is 706 g/mol. The number of pyridine rings is 1. The molecule has 0 spiro atoms. The van der Waals surface area contributed by atoms with Crippen LogP contribution in [-0.4, -0.2) is 53.1 Å². The highest BCUT2D eigenvalue weighted by molar-refractivity contribution is 6.32. The van der Waals surface area contributed by atoms with Gasteiger partial charge in [-0.2, -0.15) is 5.26 Å². The highest BCUT2D eigenvalue weighted by atomic mass is 35.5. The Morgan fingerprint density at radius 2 is 1.67 bits per heavy atom. The highest BCUT2D eigenvalue weighted by Gasteiger charge is 2.17. The van der Waals surface area contributed by atoms with E-state index in [9.17, 15) is 5.26 Å². The maximum Gasteiger partial charge on any atom is 0.208 e. The van der Waals surface area contributed by atoms with Crippen LogP contribution in [0.3, 0.4) is 0 Å². The number of aromatic nitrogens is 2. The van der Waals surface area contributed by atoms with Crippen molar-refractivity contribution in [3.63, 3.8) is 0 Å². The van der Waals surface area contributed by atoms with E-state index in [1.54, 1.807) is 24.7 Å². The van der Waals surface area contributed by atoms with Crippen molar-refractivity contribution in [2.45, 2.75) is 59.4 Å². The van der Waals surface area contributed by atoms with E-state index in [2.05, 4.69) is 76.1 Å². The number of rotatable bonds is 16. The van der Waals surface area contributed by atoms with Gasteiger partial charge in [-0.25, -0.2) is 4.98 Å². The molecule has 0 unspecified atom stereocenters. The summed E-state index contributed by atoms with van der Waals surface area (Å²) in [4.78, 5) is 13.0. The number of halogens is 1. The number of hydrogen-bond donors (Lipinski definition) is 0. The summed E-state index contributed by atoms with van der Waals surface area (Å²) < 4.78 is 24.4. The van der Waals surface area contributed by atoms with Crippen LogP contribution in [-0.2, 0) is 26.3 Å². The van der Waals surface area contributed by atoms with Crippen molar-refractivity contribution < 1.29 is 18.6 Å². The minimum atomic E-state index is 0.224. The molecule has 3 heterocycles. The van der Waals surface area contributed by atoms with E-state index in [1.165, 1.54) is 32.1 Å². The van der Waals surface area contributed by atoms with E-state index in [-0.39, 0.29) is 6.61 Å². The molecule has 1 aliphatic heterocycles. The van der Waals surface area contributed by atoms with Crippen molar-refractivity contribution >= 4 is 11.6 Å². The Hall–Kier alpha value is -4.88. The number of hydrogen-bond acceptors (Lipinski definition) is 9. The molecule has 10 heteroatoms. The molecule has 3 aromatic carbocycles. The van der Waals surface area contributed by atoms with Gasteiger partial charge >= 0.3 is 0 Å². The summed E-state index contributed by atoms with van der Waals surface area (Å²) in [5.41, 5.74) is 7.73. The smallest absolute Gasteiger partial charge is 0.208 e. The van der Waals surface area contributed by atoms with Crippen molar-refractivity contribution in [3.05, 3.63) is 124 Å². The topological polar surface area (TPSA) is 96.9 Å². The van der Waals surface area contributed by atoms with Crippen molar-refractivity contribution in [1.29, 1.82) is 5.26 Å². The fourth-order valence-electron chi connectivity index (χ4n) is 6.47. The second kappa shape index (κ2) is 17.4. The van der Waals surface area contributed by atoms with Crippen LogP contribution < -0.4 is 14.2 Å². The van der Waals surface area contributed by atoms with E-state index in [1.807, 2.05) is 19.2 Å². The van der Waals surface area contributed by atoms with Gasteiger partial charge in [0.05, 0.1) is 29.9 Å². The summed E-state index contributed by atoms with van der Waals surface area (Å²) in [6.45, 7) is 10.1. The average Bonchev–Trinajstić information content (AvgIpc) is 3.86. The van der Waals surface area contributed by atoms with E-state index >= 15 is 0 Å². The molecule has 2 aromatic heterocycles. The zero-order valence-corrected chi connectivity index (χ0v) is 30.3. The zero-order valence-electron chi connectivity index (χ0n) is 29.5. The molecule has 6 rings (SSSR count). The Kier molecular flexibility index (Phi) is 12.2. The van der Waals surface area contributed by atoms with Gasteiger partial charge in [0.15, 0.2) is 0 Å². The first-order valence-corrected chi connectivity index (χ1v) is 17.8. The first kappa shape index (κ1) is 35.9. The number of likely N-dealkylation sites (tertiary alicyclic amines) is 1. The van der Waals surface area contributed by atoms with Crippen molar-refractivity contribution in [3.8, 4) is 34.4 Å². The number of nitrogens with zero attached hydrogens (tertiary/aromatic N) is 5. The summed E-state index contributed by atoms with van der Waals surface area (Å²) in [5.74, 6) is 2.68. The maximum absolute atomic E-state index is 9.33. The second-order valence-electron chi connectivity index (χ2n) is 13.0. The molecule has 0 aliphatic carbocycles. The van der Waals surface area contributed by atoms with Crippen LogP contribution in [0.1, 0.15) is 58.5 Å². The van der Waals surface area contributed by atoms with E-state index in [0.29, 0.717) is 54.3 Å². The standard InChI is InChI=1S/C41H44ClN5O4/c1-29-33(9-6-10-35(29)36-11-7-12-38(30(36)2)48-17-8-16-47-14-4-5-15-47)28-51-40-21-39(50-27-32-19-31(22-43)23-44-24-32)34(20-37(40)42)25-46(3)26-41-45-13-18-49-41/h6-7,9-13,18-21,23-24H,4-5,8,14-17,25-28H2,1-3H3. The fraction of sp³-hybridized carbons (Fsp3) is 0.341. The third kappa shape index (κ3) is 9.47. The van der Waals surface area contributed by atoms with Gasteiger partial charge in [0.1, 0.15) is 42.8 Å². The molecule has 9 nitrogen and oxygen atoms in total. The molecule has 0 radical (unpaired) electrons. The van der Waals surface area contributed by atoms with Crippen LogP contribution in [0.5, 0.6) is 17.2 Å². The first-order valence-electron chi connectivity index (χ1n) is 17.4. The Bertz CT molecular complexity index is 1950. The SMILES string of the molecule is Cc1c(COc2cc(OCc3cncc(C#N)c3)c(CN(C)Cc3ncco3)cc2Cl)cccc1-c1cccc(OCCCN2CCCC2)c1C. The second-order valence-corrected chi connectivity index (χ2v) is 13.4. The Morgan fingerprint density at radius 1 is 0.882 bits per heavy atom. The van der Waals surface area contributed by atoms with Crippen LogP contribution in [0, 0.1) is 25.2 Å². The third-order valence-electron chi connectivity index (χ3n) is 9.24. The van der Waals surface area contributed by atoms with Crippen molar-refractivity contribution in [1.82, 2.24) is 19.8 Å². The Labute approximate surface area is 305 Å². The predicted molar refractivity (Wildman–Crippen MR) is 198 cm³/mol. The number of benzene rings is 3. The number of ether oxygens (including phenoxy) is 3. The minimum Gasteiger partial charge on any atom is -0.493 e. The largest absolute Gasteiger partial charge is 0.493 e. The molecule has 1 fully saturated rings. The van der Waals surface area contributed by atoms with Crippen molar-refractivity contribution in [2.24, 2.45) is 0 Å².